The third-order valence-electron chi connectivity index (χ3n) is 3.31. The largest absolute Gasteiger partial charge is 0.489 e. The Morgan fingerprint density at radius 3 is 2.52 bits per heavy atom. The van der Waals surface area contributed by atoms with Gasteiger partial charge in [-0.2, -0.15) is 0 Å². The van der Waals surface area contributed by atoms with E-state index < -0.39 is 15.7 Å². The van der Waals surface area contributed by atoms with Crippen molar-refractivity contribution >= 4 is 15.4 Å². The third-order valence-corrected chi connectivity index (χ3v) is 4.89. The second-order valence-electron chi connectivity index (χ2n) is 4.91. The summed E-state index contributed by atoms with van der Waals surface area (Å²) in [6.07, 6.45) is 0. The van der Waals surface area contributed by atoms with Gasteiger partial charge in [-0.05, 0) is 25.1 Å². The lowest BCUT2D eigenvalue weighted by atomic mass is 10.1. The summed E-state index contributed by atoms with van der Waals surface area (Å²) in [7, 11) is -3.71. The molecule has 0 saturated carbocycles. The lowest BCUT2D eigenvalue weighted by Gasteiger charge is -2.08. The molecule has 108 valence electrons. The molecular weight excluding hydrogens is 291 g/mol. The highest BCUT2D eigenvalue weighted by Crippen LogP contribution is 2.35. The number of halogens is 1. The number of ether oxygens (including phenoxy) is 1. The van der Waals surface area contributed by atoms with Gasteiger partial charge in [0.1, 0.15) is 23.1 Å². The Balaban J connectivity index is 1.88. The Labute approximate surface area is 122 Å². The predicted octanol–water partition coefficient (Wildman–Crippen LogP) is 3.34. The first-order valence-electron chi connectivity index (χ1n) is 6.41. The lowest BCUT2D eigenvalue weighted by molar-refractivity contribution is 0.369. The zero-order valence-electron chi connectivity index (χ0n) is 11.3. The quantitative estimate of drug-likeness (QED) is 0.873. The van der Waals surface area contributed by atoms with Crippen LogP contribution in [0.2, 0.25) is 0 Å². The highest BCUT2D eigenvalue weighted by molar-refractivity contribution is 7.95. The van der Waals surface area contributed by atoms with E-state index in [0.29, 0.717) is 16.9 Å². The molecule has 0 saturated heterocycles. The first kappa shape index (κ1) is 13.8. The van der Waals surface area contributed by atoms with E-state index in [-0.39, 0.29) is 11.5 Å². The molecule has 3 rings (SSSR count). The van der Waals surface area contributed by atoms with Crippen LogP contribution in [-0.4, -0.2) is 15.0 Å². The summed E-state index contributed by atoms with van der Waals surface area (Å²) < 4.78 is 43.2. The number of benzene rings is 2. The second-order valence-corrected chi connectivity index (χ2v) is 6.64. The molecule has 5 heteroatoms. The molecule has 21 heavy (non-hydrogen) atoms. The van der Waals surface area contributed by atoms with Crippen LogP contribution in [0.25, 0.3) is 5.57 Å². The topological polar surface area (TPSA) is 43.4 Å². The molecule has 1 aliphatic heterocycles. The maximum absolute atomic E-state index is 13.7. The van der Waals surface area contributed by atoms with E-state index in [1.807, 2.05) is 31.2 Å². The van der Waals surface area contributed by atoms with Gasteiger partial charge in [-0.15, -0.1) is 0 Å². The fourth-order valence-corrected chi connectivity index (χ4v) is 3.80. The van der Waals surface area contributed by atoms with Gasteiger partial charge >= 0.3 is 0 Å². The summed E-state index contributed by atoms with van der Waals surface area (Å²) >= 11 is 0. The smallest absolute Gasteiger partial charge is 0.203 e. The van der Waals surface area contributed by atoms with E-state index in [1.54, 1.807) is 6.07 Å². The van der Waals surface area contributed by atoms with Crippen LogP contribution in [0.3, 0.4) is 0 Å². The van der Waals surface area contributed by atoms with Gasteiger partial charge in [0, 0.05) is 16.5 Å². The van der Waals surface area contributed by atoms with Crippen molar-refractivity contribution in [2.75, 3.05) is 6.61 Å². The van der Waals surface area contributed by atoms with Gasteiger partial charge in [-0.3, -0.25) is 0 Å². The standard InChI is InChI=1S/C16H13FO3S/c1-11-5-7-13(8-6-11)20-9-12-10-21(18,19)16-14(12)3-2-4-15(16)17/h2-8,10H,9H2,1H3. The molecule has 0 spiro atoms. The van der Waals surface area contributed by atoms with Crippen molar-refractivity contribution in [2.45, 2.75) is 11.8 Å². The average Bonchev–Trinajstić information content (AvgIpc) is 2.71. The zero-order valence-corrected chi connectivity index (χ0v) is 12.2. The molecule has 0 fully saturated rings. The van der Waals surface area contributed by atoms with E-state index in [2.05, 4.69) is 0 Å². The van der Waals surface area contributed by atoms with Gasteiger partial charge in [0.05, 0.1) is 0 Å². The minimum Gasteiger partial charge on any atom is -0.489 e. The van der Waals surface area contributed by atoms with E-state index in [0.717, 1.165) is 17.0 Å². The highest BCUT2D eigenvalue weighted by atomic mass is 32.2. The van der Waals surface area contributed by atoms with Crippen molar-refractivity contribution in [3.8, 4) is 5.75 Å². The minimum atomic E-state index is -3.71. The summed E-state index contributed by atoms with van der Waals surface area (Å²) in [5, 5.41) is 1.08. The first-order chi connectivity index (χ1) is 9.97. The fourth-order valence-electron chi connectivity index (χ4n) is 2.27. The summed E-state index contributed by atoms with van der Waals surface area (Å²) in [5.41, 5.74) is 1.95. The summed E-state index contributed by atoms with van der Waals surface area (Å²) in [5.74, 6) is -0.0853. The monoisotopic (exact) mass is 304 g/mol. The Morgan fingerprint density at radius 1 is 1.10 bits per heavy atom. The minimum absolute atomic E-state index is 0.0821. The molecule has 0 atom stereocenters. The molecule has 0 aromatic heterocycles. The van der Waals surface area contributed by atoms with Crippen LogP contribution in [0.5, 0.6) is 5.75 Å². The molecule has 0 aliphatic carbocycles. The number of rotatable bonds is 3. The maximum atomic E-state index is 13.7. The van der Waals surface area contributed by atoms with Gasteiger partial charge in [-0.1, -0.05) is 29.8 Å². The SMILES string of the molecule is Cc1ccc(OCC2=CS(=O)(=O)c3c(F)cccc32)cc1. The van der Waals surface area contributed by atoms with E-state index >= 15 is 0 Å². The molecule has 0 amide bonds. The molecule has 1 heterocycles. The van der Waals surface area contributed by atoms with Gasteiger partial charge in [0.2, 0.25) is 9.84 Å². The highest BCUT2D eigenvalue weighted by Gasteiger charge is 2.30. The lowest BCUT2D eigenvalue weighted by Crippen LogP contribution is -2.00. The van der Waals surface area contributed by atoms with Gasteiger partial charge in [0.15, 0.2) is 0 Å². The van der Waals surface area contributed by atoms with Crippen molar-refractivity contribution < 1.29 is 17.5 Å². The van der Waals surface area contributed by atoms with Crippen LogP contribution in [0.4, 0.5) is 4.39 Å². The number of aryl methyl sites for hydroxylation is 1. The Bertz CT molecular complexity index is 821. The van der Waals surface area contributed by atoms with Crippen molar-refractivity contribution in [3.05, 3.63) is 64.8 Å². The number of fused-ring (bicyclic) bond motifs is 1. The summed E-state index contributed by atoms with van der Waals surface area (Å²) in [6, 6.07) is 11.7. The molecule has 2 aromatic rings. The van der Waals surface area contributed by atoms with Crippen molar-refractivity contribution in [1.82, 2.24) is 0 Å². The van der Waals surface area contributed by atoms with Crippen LogP contribution in [-0.2, 0) is 9.84 Å². The van der Waals surface area contributed by atoms with Crippen LogP contribution < -0.4 is 4.74 Å². The Kier molecular flexibility index (Phi) is 3.29. The number of sulfone groups is 1. The van der Waals surface area contributed by atoms with Crippen LogP contribution >= 0.6 is 0 Å². The Hall–Kier alpha value is -2.14. The summed E-state index contributed by atoms with van der Waals surface area (Å²) in [4.78, 5) is -0.257. The van der Waals surface area contributed by atoms with Gasteiger partial charge in [-0.25, -0.2) is 12.8 Å². The van der Waals surface area contributed by atoms with Crippen molar-refractivity contribution in [1.29, 1.82) is 0 Å². The maximum Gasteiger partial charge on any atom is 0.203 e. The van der Waals surface area contributed by atoms with E-state index in [1.165, 1.54) is 6.07 Å². The third kappa shape index (κ3) is 2.56. The molecule has 3 nitrogen and oxygen atoms in total. The van der Waals surface area contributed by atoms with Crippen molar-refractivity contribution in [2.24, 2.45) is 0 Å². The average molecular weight is 304 g/mol. The number of hydrogen-bond acceptors (Lipinski definition) is 3. The Morgan fingerprint density at radius 2 is 1.81 bits per heavy atom. The first-order valence-corrected chi connectivity index (χ1v) is 7.96. The molecule has 2 aromatic carbocycles. The van der Waals surface area contributed by atoms with E-state index in [9.17, 15) is 12.8 Å². The van der Waals surface area contributed by atoms with Crippen LogP contribution in [0, 0.1) is 12.7 Å². The number of hydrogen-bond donors (Lipinski definition) is 0. The van der Waals surface area contributed by atoms with Crippen molar-refractivity contribution in [3.63, 3.8) is 0 Å². The molecule has 1 aliphatic rings. The summed E-state index contributed by atoms with van der Waals surface area (Å²) in [6.45, 7) is 2.05. The molecule has 0 bridgehead atoms. The molecule has 0 N–H and O–H groups in total. The molecule has 0 unspecified atom stereocenters. The van der Waals surface area contributed by atoms with Crippen LogP contribution in [0.15, 0.2) is 52.8 Å². The molecular formula is C16H13FO3S. The van der Waals surface area contributed by atoms with Gasteiger partial charge < -0.3 is 4.74 Å². The molecule has 0 radical (unpaired) electrons. The van der Waals surface area contributed by atoms with E-state index in [4.69, 9.17) is 4.74 Å². The zero-order chi connectivity index (χ0) is 15.0. The fraction of sp³-hybridized carbons (Fsp3) is 0.125. The predicted molar refractivity (Wildman–Crippen MR) is 78.2 cm³/mol. The normalized spacial score (nSPS) is 15.4. The van der Waals surface area contributed by atoms with Crippen LogP contribution in [0.1, 0.15) is 11.1 Å². The van der Waals surface area contributed by atoms with Gasteiger partial charge in [0.25, 0.3) is 0 Å². The second kappa shape index (κ2) is 5.00.